The molecular formula is C19H26F4N2O. The molecule has 1 aliphatic carbocycles. The van der Waals surface area contributed by atoms with E-state index in [-0.39, 0.29) is 11.8 Å². The van der Waals surface area contributed by atoms with Crippen molar-refractivity contribution in [3.63, 3.8) is 0 Å². The fourth-order valence-electron chi connectivity index (χ4n) is 4.16. The molecule has 1 heterocycles. The van der Waals surface area contributed by atoms with Gasteiger partial charge in [-0.1, -0.05) is 31.4 Å². The molecule has 1 N–H and O–H groups in total. The van der Waals surface area contributed by atoms with Gasteiger partial charge >= 0.3 is 12.5 Å². The topological polar surface area (TPSA) is 24.5 Å². The standard InChI is InChI=1S/C19H26F4N2O/c20-18(21)19(22,23)26-16-8-4-7-15(13-16)17(14-5-2-1-3-6-14)25-11-9-24-10-12-25/h4,7-8,13-14,17-18,24H,1-3,5-6,9-12H2/t17-/m1/s1. The fraction of sp³-hybridized carbons (Fsp3) is 0.684. The zero-order valence-corrected chi connectivity index (χ0v) is 14.8. The Morgan fingerprint density at radius 1 is 1.08 bits per heavy atom. The van der Waals surface area contributed by atoms with Gasteiger partial charge in [0.25, 0.3) is 0 Å². The third-order valence-corrected chi connectivity index (χ3v) is 5.35. The maximum absolute atomic E-state index is 13.3. The highest BCUT2D eigenvalue weighted by molar-refractivity contribution is 5.31. The first-order valence-corrected chi connectivity index (χ1v) is 9.37. The molecule has 0 unspecified atom stereocenters. The van der Waals surface area contributed by atoms with Gasteiger partial charge in [0.1, 0.15) is 5.75 Å². The van der Waals surface area contributed by atoms with E-state index in [1.54, 1.807) is 6.07 Å². The lowest BCUT2D eigenvalue weighted by Crippen LogP contribution is -2.47. The molecule has 1 atom stereocenters. The van der Waals surface area contributed by atoms with Crippen LogP contribution in [-0.2, 0) is 0 Å². The van der Waals surface area contributed by atoms with Crippen molar-refractivity contribution < 1.29 is 22.3 Å². The van der Waals surface area contributed by atoms with Gasteiger partial charge in [-0.2, -0.15) is 17.6 Å². The smallest absolute Gasteiger partial charge is 0.428 e. The number of ether oxygens (including phenoxy) is 1. The lowest BCUT2D eigenvalue weighted by Gasteiger charge is -2.41. The number of nitrogens with zero attached hydrogens (tertiary/aromatic N) is 1. The predicted molar refractivity (Wildman–Crippen MR) is 91.8 cm³/mol. The lowest BCUT2D eigenvalue weighted by atomic mass is 9.80. The Kier molecular flexibility index (Phi) is 6.40. The minimum absolute atomic E-state index is 0.112. The largest absolute Gasteiger partial charge is 0.461 e. The number of nitrogens with one attached hydrogen (secondary N) is 1. The molecule has 146 valence electrons. The fourth-order valence-corrected chi connectivity index (χ4v) is 4.16. The number of halogens is 4. The third kappa shape index (κ3) is 4.68. The summed E-state index contributed by atoms with van der Waals surface area (Å²) in [4.78, 5) is 2.39. The Labute approximate surface area is 151 Å². The highest BCUT2D eigenvalue weighted by Gasteiger charge is 2.44. The summed E-state index contributed by atoms with van der Waals surface area (Å²) < 4.78 is 55.8. The van der Waals surface area contributed by atoms with Crippen LogP contribution in [0.5, 0.6) is 5.75 Å². The maximum atomic E-state index is 13.3. The van der Waals surface area contributed by atoms with Gasteiger partial charge in [0.15, 0.2) is 0 Å². The van der Waals surface area contributed by atoms with E-state index in [4.69, 9.17) is 0 Å². The monoisotopic (exact) mass is 374 g/mol. The van der Waals surface area contributed by atoms with E-state index in [2.05, 4.69) is 15.0 Å². The second-order valence-electron chi connectivity index (χ2n) is 7.17. The Balaban J connectivity index is 1.84. The van der Waals surface area contributed by atoms with Crippen LogP contribution in [0.4, 0.5) is 17.6 Å². The van der Waals surface area contributed by atoms with Crippen molar-refractivity contribution >= 4 is 0 Å². The molecule has 0 spiro atoms. The van der Waals surface area contributed by atoms with Crippen molar-refractivity contribution in [2.24, 2.45) is 5.92 Å². The van der Waals surface area contributed by atoms with Gasteiger partial charge in [-0.25, -0.2) is 0 Å². The van der Waals surface area contributed by atoms with E-state index < -0.39 is 12.5 Å². The van der Waals surface area contributed by atoms with Crippen LogP contribution in [0.15, 0.2) is 24.3 Å². The quantitative estimate of drug-likeness (QED) is 0.745. The van der Waals surface area contributed by atoms with E-state index in [1.165, 1.54) is 31.4 Å². The Bertz CT molecular complexity index is 554. The minimum Gasteiger partial charge on any atom is -0.428 e. The molecule has 7 heteroatoms. The molecule has 0 radical (unpaired) electrons. The van der Waals surface area contributed by atoms with Crippen molar-refractivity contribution in [2.75, 3.05) is 26.2 Å². The van der Waals surface area contributed by atoms with Gasteiger partial charge in [0.05, 0.1) is 0 Å². The molecule has 1 aromatic carbocycles. The molecule has 0 aromatic heterocycles. The maximum Gasteiger partial charge on any atom is 0.461 e. The van der Waals surface area contributed by atoms with Crippen LogP contribution >= 0.6 is 0 Å². The highest BCUT2D eigenvalue weighted by atomic mass is 19.3. The molecule has 3 nitrogen and oxygen atoms in total. The van der Waals surface area contributed by atoms with Crippen molar-refractivity contribution in [3.8, 4) is 5.75 Å². The molecule has 0 bridgehead atoms. The van der Waals surface area contributed by atoms with Gasteiger partial charge in [0, 0.05) is 32.2 Å². The average Bonchev–Trinajstić information content (AvgIpc) is 2.64. The van der Waals surface area contributed by atoms with Crippen molar-refractivity contribution in [3.05, 3.63) is 29.8 Å². The van der Waals surface area contributed by atoms with Crippen molar-refractivity contribution in [1.29, 1.82) is 0 Å². The van der Waals surface area contributed by atoms with Crippen LogP contribution < -0.4 is 10.1 Å². The Morgan fingerprint density at radius 2 is 1.77 bits per heavy atom. The van der Waals surface area contributed by atoms with Gasteiger partial charge in [-0.05, 0) is 36.5 Å². The van der Waals surface area contributed by atoms with Crippen LogP contribution in [0, 0.1) is 5.92 Å². The summed E-state index contributed by atoms with van der Waals surface area (Å²) in [5, 5.41) is 3.33. The first-order valence-electron chi connectivity index (χ1n) is 9.37. The number of rotatable bonds is 6. The second kappa shape index (κ2) is 8.57. The minimum atomic E-state index is -4.48. The molecule has 1 aromatic rings. The average molecular weight is 374 g/mol. The molecule has 26 heavy (non-hydrogen) atoms. The summed E-state index contributed by atoms with van der Waals surface area (Å²) in [5.41, 5.74) is 0.876. The number of hydrogen-bond acceptors (Lipinski definition) is 3. The second-order valence-corrected chi connectivity index (χ2v) is 7.17. The summed E-state index contributed by atoms with van der Waals surface area (Å²) >= 11 is 0. The first kappa shape index (κ1) is 19.4. The molecule has 1 saturated carbocycles. The third-order valence-electron chi connectivity index (χ3n) is 5.35. The van der Waals surface area contributed by atoms with Gasteiger partial charge in [0.2, 0.25) is 0 Å². The first-order chi connectivity index (χ1) is 12.5. The van der Waals surface area contributed by atoms with Gasteiger partial charge < -0.3 is 10.1 Å². The van der Waals surface area contributed by atoms with Crippen LogP contribution in [0.25, 0.3) is 0 Å². The van der Waals surface area contributed by atoms with Crippen molar-refractivity contribution in [2.45, 2.75) is 50.7 Å². The van der Waals surface area contributed by atoms with E-state index in [1.807, 2.05) is 6.07 Å². The molecule has 3 rings (SSSR count). The Morgan fingerprint density at radius 3 is 2.42 bits per heavy atom. The number of piperazine rings is 1. The summed E-state index contributed by atoms with van der Waals surface area (Å²) in [6.45, 7) is 3.56. The van der Waals surface area contributed by atoms with Crippen LogP contribution in [0.2, 0.25) is 0 Å². The lowest BCUT2D eigenvalue weighted by molar-refractivity contribution is -0.253. The molecule has 1 saturated heterocycles. The number of benzene rings is 1. The van der Waals surface area contributed by atoms with E-state index in [0.717, 1.165) is 44.6 Å². The predicted octanol–water partition coefficient (Wildman–Crippen LogP) is 4.45. The van der Waals surface area contributed by atoms with Crippen LogP contribution in [0.1, 0.15) is 43.7 Å². The normalized spacial score (nSPS) is 21.7. The molecule has 2 aliphatic rings. The number of hydrogen-bond donors (Lipinski definition) is 1. The van der Waals surface area contributed by atoms with Crippen molar-refractivity contribution in [1.82, 2.24) is 10.2 Å². The van der Waals surface area contributed by atoms with Crippen LogP contribution in [-0.4, -0.2) is 43.6 Å². The molecule has 2 fully saturated rings. The van der Waals surface area contributed by atoms with Gasteiger partial charge in [-0.3, -0.25) is 4.90 Å². The number of alkyl halides is 4. The SMILES string of the molecule is FC(F)C(F)(F)Oc1cccc([C@@H](C2CCCCC2)N2CCNCC2)c1. The molecular weight excluding hydrogens is 348 g/mol. The Hall–Kier alpha value is -1.34. The summed E-state index contributed by atoms with van der Waals surface area (Å²) in [7, 11) is 0. The van der Waals surface area contributed by atoms with E-state index >= 15 is 0 Å². The zero-order chi connectivity index (χ0) is 18.6. The molecule has 0 amide bonds. The summed E-state index contributed by atoms with van der Waals surface area (Å²) in [6, 6.07) is 6.45. The highest BCUT2D eigenvalue weighted by Crippen LogP contribution is 2.40. The summed E-state index contributed by atoms with van der Waals surface area (Å²) in [5.74, 6) is 0.247. The van der Waals surface area contributed by atoms with E-state index in [9.17, 15) is 17.6 Å². The van der Waals surface area contributed by atoms with E-state index in [0.29, 0.717) is 5.92 Å². The van der Waals surface area contributed by atoms with Gasteiger partial charge in [-0.15, -0.1) is 0 Å². The van der Waals surface area contributed by atoms with Crippen LogP contribution in [0.3, 0.4) is 0 Å². The summed E-state index contributed by atoms with van der Waals surface area (Å²) in [6.07, 6.45) is -2.55. The zero-order valence-electron chi connectivity index (χ0n) is 14.8. The molecule has 1 aliphatic heterocycles.